The van der Waals surface area contributed by atoms with Crippen LogP contribution in [0, 0.1) is 6.92 Å². The first kappa shape index (κ1) is 19.2. The van der Waals surface area contributed by atoms with E-state index in [-0.39, 0.29) is 11.9 Å². The monoisotopic (exact) mass is 425 g/mol. The van der Waals surface area contributed by atoms with Crippen molar-refractivity contribution in [2.24, 2.45) is 0 Å². The molecule has 3 aromatic rings. The molecule has 2 fully saturated rings. The average molecular weight is 426 g/mol. The van der Waals surface area contributed by atoms with Crippen LogP contribution in [0.5, 0.6) is 0 Å². The van der Waals surface area contributed by atoms with Gasteiger partial charge in [0, 0.05) is 42.4 Å². The summed E-state index contributed by atoms with van der Waals surface area (Å²) in [5.41, 5.74) is 2.88. The van der Waals surface area contributed by atoms with Gasteiger partial charge in [-0.15, -0.1) is 0 Å². The zero-order chi connectivity index (χ0) is 20.7. The van der Waals surface area contributed by atoms with Gasteiger partial charge in [0.15, 0.2) is 5.82 Å². The molecular weight excluding hydrogens is 402 g/mol. The Kier molecular flexibility index (Phi) is 4.98. The molecule has 3 heterocycles. The molecule has 7 nitrogen and oxygen atoms in total. The highest BCUT2D eigenvalue weighted by Gasteiger charge is 2.29. The Labute approximate surface area is 179 Å². The Hall–Kier alpha value is -2.80. The van der Waals surface area contributed by atoms with Gasteiger partial charge in [-0.3, -0.25) is 9.89 Å². The number of rotatable bonds is 5. The molecule has 0 radical (unpaired) electrons. The van der Waals surface area contributed by atoms with Gasteiger partial charge in [0.25, 0.3) is 5.91 Å². The summed E-state index contributed by atoms with van der Waals surface area (Å²) in [5, 5.41) is 15.4. The number of carbonyl (C=O) groups excluding carboxylic acids is 1. The van der Waals surface area contributed by atoms with Crippen LogP contribution in [-0.4, -0.2) is 40.4 Å². The number of aryl methyl sites for hydroxylation is 1. The summed E-state index contributed by atoms with van der Waals surface area (Å²) in [7, 11) is 0. The van der Waals surface area contributed by atoms with E-state index in [4.69, 9.17) is 16.1 Å². The third-order valence-corrected chi connectivity index (χ3v) is 6.30. The molecule has 1 saturated heterocycles. The number of hydrogen-bond donors (Lipinski definition) is 2. The first-order chi connectivity index (χ1) is 14.6. The van der Waals surface area contributed by atoms with Crippen LogP contribution < -0.4 is 10.2 Å². The van der Waals surface area contributed by atoms with Crippen molar-refractivity contribution in [1.29, 1.82) is 0 Å². The summed E-state index contributed by atoms with van der Waals surface area (Å²) < 4.78 is 5.33. The quantitative estimate of drug-likeness (QED) is 0.636. The van der Waals surface area contributed by atoms with Crippen molar-refractivity contribution in [2.75, 3.05) is 18.0 Å². The van der Waals surface area contributed by atoms with Crippen molar-refractivity contribution < 1.29 is 9.32 Å². The number of H-pyrrole nitrogens is 1. The maximum atomic E-state index is 13.1. The second-order valence-electron chi connectivity index (χ2n) is 8.13. The standard InChI is InChI=1S/C22H24ClN5O2/c1-13-20(21(27-30-13)16-4-2-3-5-17(16)23)22(29)24-15-8-10-28(11-9-15)19-12-18(25-26-19)14-6-7-14/h2-5,12,14-15H,6-11H2,1H3,(H,24,29)(H,25,26). The highest BCUT2D eigenvalue weighted by Crippen LogP contribution is 2.40. The molecule has 1 amide bonds. The van der Waals surface area contributed by atoms with Gasteiger partial charge < -0.3 is 14.7 Å². The number of nitrogens with zero attached hydrogens (tertiary/aromatic N) is 3. The maximum Gasteiger partial charge on any atom is 0.257 e. The Morgan fingerprint density at radius 2 is 2.00 bits per heavy atom. The summed E-state index contributed by atoms with van der Waals surface area (Å²) in [6.07, 6.45) is 4.24. The van der Waals surface area contributed by atoms with Gasteiger partial charge in [-0.05, 0) is 38.7 Å². The van der Waals surface area contributed by atoms with Crippen LogP contribution in [0.15, 0.2) is 34.9 Å². The molecule has 2 aromatic heterocycles. The lowest BCUT2D eigenvalue weighted by Gasteiger charge is -2.32. The number of nitrogens with one attached hydrogen (secondary N) is 2. The highest BCUT2D eigenvalue weighted by molar-refractivity contribution is 6.33. The van der Waals surface area contributed by atoms with E-state index in [1.807, 2.05) is 18.2 Å². The minimum atomic E-state index is -0.169. The first-order valence-electron chi connectivity index (χ1n) is 10.4. The molecular formula is C22H24ClN5O2. The largest absolute Gasteiger partial charge is 0.360 e. The van der Waals surface area contributed by atoms with Gasteiger partial charge in [0.2, 0.25) is 0 Å². The molecule has 1 aliphatic heterocycles. The number of halogens is 1. The van der Waals surface area contributed by atoms with Crippen LogP contribution in [0.1, 0.15) is 53.4 Å². The summed E-state index contributed by atoms with van der Waals surface area (Å²) >= 11 is 6.31. The Balaban J connectivity index is 1.25. The second-order valence-corrected chi connectivity index (χ2v) is 8.54. The van der Waals surface area contributed by atoms with Crippen LogP contribution in [0.3, 0.4) is 0 Å². The van der Waals surface area contributed by atoms with Crippen LogP contribution in [0.4, 0.5) is 5.82 Å². The molecule has 8 heteroatoms. The lowest BCUT2D eigenvalue weighted by molar-refractivity contribution is 0.0930. The topological polar surface area (TPSA) is 87.0 Å². The fourth-order valence-corrected chi connectivity index (χ4v) is 4.30. The summed E-state index contributed by atoms with van der Waals surface area (Å²) in [5.74, 6) is 2.00. The molecule has 0 unspecified atom stereocenters. The number of carbonyl (C=O) groups is 1. The van der Waals surface area contributed by atoms with Crippen molar-refractivity contribution >= 4 is 23.3 Å². The zero-order valence-corrected chi connectivity index (χ0v) is 17.6. The molecule has 156 valence electrons. The van der Waals surface area contributed by atoms with Crippen molar-refractivity contribution in [1.82, 2.24) is 20.7 Å². The molecule has 30 heavy (non-hydrogen) atoms. The van der Waals surface area contributed by atoms with Crippen molar-refractivity contribution in [3.8, 4) is 11.3 Å². The molecule has 1 aromatic carbocycles. The van der Waals surface area contributed by atoms with E-state index in [0.717, 1.165) is 31.7 Å². The van der Waals surface area contributed by atoms with E-state index in [0.29, 0.717) is 33.5 Å². The molecule has 1 saturated carbocycles. The third kappa shape index (κ3) is 3.69. The minimum Gasteiger partial charge on any atom is -0.360 e. The summed E-state index contributed by atoms with van der Waals surface area (Å²) in [4.78, 5) is 15.3. The number of benzene rings is 1. The van der Waals surface area contributed by atoms with E-state index in [1.165, 1.54) is 18.5 Å². The molecule has 2 aliphatic rings. The maximum absolute atomic E-state index is 13.1. The van der Waals surface area contributed by atoms with Crippen LogP contribution in [0.2, 0.25) is 5.02 Å². The van der Waals surface area contributed by atoms with Crippen LogP contribution >= 0.6 is 11.6 Å². The van der Waals surface area contributed by atoms with E-state index in [1.54, 1.807) is 13.0 Å². The van der Waals surface area contributed by atoms with Crippen molar-refractivity contribution in [3.63, 3.8) is 0 Å². The predicted octanol–water partition coefficient (Wildman–Crippen LogP) is 4.30. The first-order valence-corrected chi connectivity index (χ1v) is 10.8. The predicted molar refractivity (Wildman–Crippen MR) is 115 cm³/mol. The highest BCUT2D eigenvalue weighted by atomic mass is 35.5. The smallest absolute Gasteiger partial charge is 0.257 e. The van der Waals surface area contributed by atoms with Gasteiger partial charge in [-0.25, -0.2) is 0 Å². The van der Waals surface area contributed by atoms with Crippen molar-refractivity contribution in [3.05, 3.63) is 52.4 Å². The van der Waals surface area contributed by atoms with E-state index < -0.39 is 0 Å². The summed E-state index contributed by atoms with van der Waals surface area (Å²) in [6.45, 7) is 3.47. The molecule has 1 aliphatic carbocycles. The molecule has 0 bridgehead atoms. The fourth-order valence-electron chi connectivity index (χ4n) is 4.08. The minimum absolute atomic E-state index is 0.101. The molecule has 0 spiro atoms. The Bertz CT molecular complexity index is 1060. The fraction of sp³-hybridized carbons (Fsp3) is 0.409. The van der Waals surface area contributed by atoms with E-state index in [2.05, 4.69) is 31.6 Å². The normalized spacial score (nSPS) is 17.3. The van der Waals surface area contributed by atoms with E-state index in [9.17, 15) is 4.79 Å². The van der Waals surface area contributed by atoms with Gasteiger partial charge in [-0.1, -0.05) is 35.0 Å². The average Bonchev–Trinajstić information content (AvgIpc) is 3.35. The third-order valence-electron chi connectivity index (χ3n) is 5.97. The van der Waals surface area contributed by atoms with Gasteiger partial charge in [0.05, 0.1) is 5.02 Å². The van der Waals surface area contributed by atoms with Crippen molar-refractivity contribution in [2.45, 2.75) is 44.6 Å². The van der Waals surface area contributed by atoms with Gasteiger partial charge in [-0.2, -0.15) is 5.10 Å². The van der Waals surface area contributed by atoms with Gasteiger partial charge >= 0.3 is 0 Å². The van der Waals surface area contributed by atoms with Crippen LogP contribution in [0.25, 0.3) is 11.3 Å². The Morgan fingerprint density at radius 3 is 2.73 bits per heavy atom. The second kappa shape index (κ2) is 7.80. The number of amides is 1. The van der Waals surface area contributed by atoms with Crippen LogP contribution in [-0.2, 0) is 0 Å². The summed E-state index contributed by atoms with van der Waals surface area (Å²) in [6, 6.07) is 9.61. The number of anilines is 1. The zero-order valence-electron chi connectivity index (χ0n) is 16.8. The van der Waals surface area contributed by atoms with Gasteiger partial charge in [0.1, 0.15) is 17.0 Å². The molecule has 2 N–H and O–H groups in total. The molecule has 0 atom stereocenters. The number of hydrogen-bond acceptors (Lipinski definition) is 5. The number of piperidine rings is 1. The number of aromatic nitrogens is 3. The lowest BCUT2D eigenvalue weighted by Crippen LogP contribution is -2.45. The Morgan fingerprint density at radius 1 is 1.23 bits per heavy atom. The van der Waals surface area contributed by atoms with E-state index >= 15 is 0 Å². The molecule has 5 rings (SSSR count). The number of aromatic amines is 1. The lowest BCUT2D eigenvalue weighted by atomic mass is 10.0. The SMILES string of the molecule is Cc1onc(-c2ccccc2Cl)c1C(=O)NC1CCN(c2cc(C3CC3)[nH]n2)CC1.